The number of nitrogens with one attached hydrogen (secondary N) is 2. The van der Waals surface area contributed by atoms with Crippen LogP contribution in [0.2, 0.25) is 0 Å². The average Bonchev–Trinajstić information content (AvgIpc) is 2.96. The van der Waals surface area contributed by atoms with Crippen molar-refractivity contribution in [1.82, 2.24) is 15.5 Å². The van der Waals surface area contributed by atoms with E-state index in [0.29, 0.717) is 25.3 Å². The molecule has 3 fully saturated rings. The molecular weight excluding hydrogens is 361 g/mol. The minimum absolute atomic E-state index is 0.00973. The van der Waals surface area contributed by atoms with Gasteiger partial charge in [0.05, 0.1) is 0 Å². The van der Waals surface area contributed by atoms with Gasteiger partial charge in [-0.3, -0.25) is 9.69 Å². The third-order valence-corrected chi connectivity index (χ3v) is 6.45. The number of rotatable bonds is 5. The standard InChI is InChI=1S/C21H28FN3O3/c22-18-4-2-1-3-16(18)13-21(17-5-9-23-10-6-17)19(26)25(20(27)24-21)14-15-7-11-28-12-8-15/h1-4,15,17,23H,5-14H2,(H,24,27). The van der Waals surface area contributed by atoms with Crippen LogP contribution in [0.5, 0.6) is 0 Å². The molecule has 3 aliphatic rings. The van der Waals surface area contributed by atoms with E-state index in [1.54, 1.807) is 18.2 Å². The number of ether oxygens (including phenoxy) is 1. The number of urea groups is 1. The lowest BCUT2D eigenvalue weighted by Gasteiger charge is -2.38. The molecular formula is C21H28FN3O3. The van der Waals surface area contributed by atoms with Crippen molar-refractivity contribution in [2.24, 2.45) is 11.8 Å². The first-order valence-corrected chi connectivity index (χ1v) is 10.3. The number of piperidine rings is 1. The van der Waals surface area contributed by atoms with Gasteiger partial charge in [0, 0.05) is 26.2 Å². The maximum Gasteiger partial charge on any atom is 0.325 e. The Hall–Kier alpha value is -1.99. The summed E-state index contributed by atoms with van der Waals surface area (Å²) in [6.07, 6.45) is 3.46. The van der Waals surface area contributed by atoms with E-state index in [4.69, 9.17) is 4.74 Å². The summed E-state index contributed by atoms with van der Waals surface area (Å²) in [7, 11) is 0. The van der Waals surface area contributed by atoms with Gasteiger partial charge in [-0.2, -0.15) is 0 Å². The van der Waals surface area contributed by atoms with Crippen LogP contribution in [0, 0.1) is 17.7 Å². The van der Waals surface area contributed by atoms with Crippen molar-refractivity contribution in [3.05, 3.63) is 35.6 Å². The van der Waals surface area contributed by atoms with Gasteiger partial charge in [0.2, 0.25) is 0 Å². The lowest BCUT2D eigenvalue weighted by atomic mass is 9.74. The third kappa shape index (κ3) is 3.65. The first kappa shape index (κ1) is 19.3. The quantitative estimate of drug-likeness (QED) is 0.757. The molecule has 7 heteroatoms. The highest BCUT2D eigenvalue weighted by atomic mass is 19.1. The molecule has 0 radical (unpaired) electrons. The summed E-state index contributed by atoms with van der Waals surface area (Å²) < 4.78 is 19.8. The minimum atomic E-state index is -1.06. The van der Waals surface area contributed by atoms with E-state index >= 15 is 0 Å². The van der Waals surface area contributed by atoms with Gasteiger partial charge in [0.25, 0.3) is 5.91 Å². The van der Waals surface area contributed by atoms with Crippen molar-refractivity contribution < 1.29 is 18.7 Å². The van der Waals surface area contributed by atoms with Crippen LogP contribution < -0.4 is 10.6 Å². The largest absolute Gasteiger partial charge is 0.381 e. The SMILES string of the molecule is O=C1NC(Cc2ccccc2F)(C2CCNCC2)C(=O)N1CC1CCOCC1. The summed E-state index contributed by atoms with van der Waals surface area (Å²) >= 11 is 0. The number of halogens is 1. The van der Waals surface area contributed by atoms with Gasteiger partial charge >= 0.3 is 6.03 Å². The zero-order valence-electron chi connectivity index (χ0n) is 16.1. The molecule has 1 unspecified atom stereocenters. The van der Waals surface area contributed by atoms with Crippen molar-refractivity contribution in [1.29, 1.82) is 0 Å². The van der Waals surface area contributed by atoms with Crippen LogP contribution in [-0.2, 0) is 16.0 Å². The minimum Gasteiger partial charge on any atom is -0.381 e. The molecule has 1 atom stereocenters. The molecule has 1 aromatic carbocycles. The second kappa shape index (κ2) is 8.17. The van der Waals surface area contributed by atoms with Crippen LogP contribution in [0.3, 0.4) is 0 Å². The Labute approximate surface area is 164 Å². The Bertz CT molecular complexity index is 731. The molecule has 0 spiro atoms. The molecule has 6 nitrogen and oxygen atoms in total. The van der Waals surface area contributed by atoms with Crippen LogP contribution in [0.4, 0.5) is 9.18 Å². The van der Waals surface area contributed by atoms with E-state index in [1.165, 1.54) is 11.0 Å². The number of amides is 3. The maximum absolute atomic E-state index is 14.4. The van der Waals surface area contributed by atoms with Crippen molar-refractivity contribution in [2.45, 2.75) is 37.6 Å². The fourth-order valence-electron chi connectivity index (χ4n) is 4.80. The Kier molecular flexibility index (Phi) is 5.64. The van der Waals surface area contributed by atoms with Gasteiger partial charge in [0.15, 0.2) is 0 Å². The summed E-state index contributed by atoms with van der Waals surface area (Å²) in [5.74, 6) is -0.273. The smallest absolute Gasteiger partial charge is 0.325 e. The Morgan fingerprint density at radius 1 is 1.11 bits per heavy atom. The van der Waals surface area contributed by atoms with Gasteiger partial charge in [-0.25, -0.2) is 9.18 Å². The van der Waals surface area contributed by atoms with Crippen LogP contribution >= 0.6 is 0 Å². The fourth-order valence-corrected chi connectivity index (χ4v) is 4.80. The van der Waals surface area contributed by atoms with Crippen molar-refractivity contribution in [3.63, 3.8) is 0 Å². The molecule has 0 saturated carbocycles. The molecule has 0 aromatic heterocycles. The molecule has 1 aromatic rings. The van der Waals surface area contributed by atoms with Crippen molar-refractivity contribution in [2.75, 3.05) is 32.8 Å². The number of hydrogen-bond acceptors (Lipinski definition) is 4. The maximum atomic E-state index is 14.4. The monoisotopic (exact) mass is 389 g/mol. The number of carbonyl (C=O) groups is 2. The van der Waals surface area contributed by atoms with Crippen molar-refractivity contribution >= 4 is 11.9 Å². The summed E-state index contributed by atoms with van der Waals surface area (Å²) in [6.45, 7) is 3.35. The predicted molar refractivity (Wildman–Crippen MR) is 102 cm³/mol. The first-order valence-electron chi connectivity index (χ1n) is 10.3. The summed E-state index contributed by atoms with van der Waals surface area (Å²) in [6, 6.07) is 6.19. The normalized spacial score (nSPS) is 27.2. The highest BCUT2D eigenvalue weighted by molar-refractivity contribution is 6.07. The third-order valence-electron chi connectivity index (χ3n) is 6.45. The zero-order chi connectivity index (χ0) is 19.6. The Morgan fingerprint density at radius 3 is 2.54 bits per heavy atom. The number of imide groups is 1. The molecule has 0 bridgehead atoms. The lowest BCUT2D eigenvalue weighted by molar-refractivity contribution is -0.134. The van der Waals surface area contributed by atoms with E-state index in [1.807, 2.05) is 0 Å². The van der Waals surface area contributed by atoms with Crippen LogP contribution in [0.15, 0.2) is 24.3 Å². The molecule has 2 N–H and O–H groups in total. The molecule has 3 amide bonds. The van der Waals surface area contributed by atoms with Crippen LogP contribution in [-0.4, -0.2) is 55.2 Å². The molecule has 28 heavy (non-hydrogen) atoms. The molecule has 4 rings (SSSR count). The van der Waals surface area contributed by atoms with E-state index < -0.39 is 5.54 Å². The Morgan fingerprint density at radius 2 is 1.82 bits per heavy atom. The van der Waals surface area contributed by atoms with E-state index in [0.717, 1.165) is 38.8 Å². The summed E-state index contributed by atoms with van der Waals surface area (Å²) in [5.41, 5.74) is -0.588. The van der Waals surface area contributed by atoms with E-state index in [-0.39, 0.29) is 36.0 Å². The highest BCUT2D eigenvalue weighted by Gasteiger charge is 2.56. The second-order valence-corrected chi connectivity index (χ2v) is 8.17. The Balaban J connectivity index is 1.62. The van der Waals surface area contributed by atoms with E-state index in [9.17, 15) is 14.0 Å². The van der Waals surface area contributed by atoms with Crippen LogP contribution in [0.1, 0.15) is 31.2 Å². The molecule has 0 aliphatic carbocycles. The zero-order valence-corrected chi connectivity index (χ0v) is 16.1. The number of benzene rings is 1. The molecule has 152 valence electrons. The first-order chi connectivity index (χ1) is 13.6. The molecule has 3 saturated heterocycles. The number of nitrogens with zero attached hydrogens (tertiary/aromatic N) is 1. The summed E-state index contributed by atoms with van der Waals surface area (Å²) in [4.78, 5) is 27.8. The van der Waals surface area contributed by atoms with Gasteiger partial charge in [-0.15, -0.1) is 0 Å². The number of carbonyl (C=O) groups excluding carboxylic acids is 2. The fraction of sp³-hybridized carbons (Fsp3) is 0.619. The predicted octanol–water partition coefficient (Wildman–Crippen LogP) is 2.08. The van der Waals surface area contributed by atoms with Gasteiger partial charge < -0.3 is 15.4 Å². The van der Waals surface area contributed by atoms with E-state index in [2.05, 4.69) is 10.6 Å². The van der Waals surface area contributed by atoms with Gasteiger partial charge in [-0.1, -0.05) is 18.2 Å². The molecule has 3 heterocycles. The van der Waals surface area contributed by atoms with Gasteiger partial charge in [-0.05, 0) is 62.2 Å². The summed E-state index contributed by atoms with van der Waals surface area (Å²) in [5, 5.41) is 6.32. The topological polar surface area (TPSA) is 70.7 Å². The van der Waals surface area contributed by atoms with Crippen molar-refractivity contribution in [3.8, 4) is 0 Å². The molecule has 3 aliphatic heterocycles. The highest BCUT2D eigenvalue weighted by Crippen LogP contribution is 2.36. The average molecular weight is 389 g/mol. The van der Waals surface area contributed by atoms with Gasteiger partial charge in [0.1, 0.15) is 11.4 Å². The van der Waals surface area contributed by atoms with Crippen LogP contribution in [0.25, 0.3) is 0 Å². The number of hydrogen-bond donors (Lipinski definition) is 2. The second-order valence-electron chi connectivity index (χ2n) is 8.17. The lowest BCUT2D eigenvalue weighted by Crippen LogP contribution is -2.57.